The Balaban J connectivity index is 2.45. The molecule has 0 saturated carbocycles. The Bertz CT molecular complexity index is 263. The van der Waals surface area contributed by atoms with Gasteiger partial charge in [0.1, 0.15) is 5.54 Å². The van der Waals surface area contributed by atoms with Gasteiger partial charge in [-0.1, -0.05) is 0 Å². The van der Waals surface area contributed by atoms with Gasteiger partial charge in [-0.15, -0.1) is 0 Å². The van der Waals surface area contributed by atoms with Crippen molar-refractivity contribution in [2.45, 2.75) is 44.9 Å². The van der Waals surface area contributed by atoms with Gasteiger partial charge in [0.05, 0.1) is 18.8 Å². The molecule has 1 rings (SSSR count). The average molecular weight is 225 g/mol. The zero-order valence-corrected chi connectivity index (χ0v) is 10.8. The number of nitrogens with one attached hydrogen (secondary N) is 1. The van der Waals surface area contributed by atoms with E-state index >= 15 is 0 Å². The largest absolute Gasteiger partial charge is 0.376 e. The van der Waals surface area contributed by atoms with Gasteiger partial charge in [0.2, 0.25) is 0 Å². The molecule has 0 radical (unpaired) electrons. The molecular weight excluding hydrogens is 202 g/mol. The van der Waals surface area contributed by atoms with Crippen LogP contribution in [0.4, 0.5) is 0 Å². The molecule has 1 heterocycles. The van der Waals surface area contributed by atoms with Crippen LogP contribution >= 0.6 is 0 Å². The molecule has 0 aliphatic carbocycles. The Hall–Kier alpha value is -0.630. The van der Waals surface area contributed by atoms with Crippen LogP contribution in [0, 0.1) is 11.3 Å². The minimum absolute atomic E-state index is 0.305. The van der Waals surface area contributed by atoms with E-state index < -0.39 is 5.54 Å². The zero-order valence-electron chi connectivity index (χ0n) is 10.8. The van der Waals surface area contributed by atoms with Crippen molar-refractivity contribution in [1.82, 2.24) is 10.2 Å². The van der Waals surface area contributed by atoms with Crippen LogP contribution in [0.2, 0.25) is 0 Å². The van der Waals surface area contributed by atoms with E-state index in [0.29, 0.717) is 12.1 Å². The standard InChI is InChI=1S/C12H23N3O/c1-10-8-16-11(2)7-15(10)6-5-12(3,9-13)14-4/h10-11,14H,5-8H2,1-4H3. The predicted molar refractivity (Wildman–Crippen MR) is 64.1 cm³/mol. The summed E-state index contributed by atoms with van der Waals surface area (Å²) in [5.74, 6) is 0. The molecule has 1 aliphatic heterocycles. The van der Waals surface area contributed by atoms with Crippen LogP contribution in [-0.4, -0.2) is 49.3 Å². The van der Waals surface area contributed by atoms with Crippen LogP contribution in [0.5, 0.6) is 0 Å². The second-order valence-corrected chi connectivity index (χ2v) is 4.93. The molecule has 1 fully saturated rings. The Morgan fingerprint density at radius 1 is 1.56 bits per heavy atom. The van der Waals surface area contributed by atoms with Crippen LogP contribution in [-0.2, 0) is 4.74 Å². The minimum Gasteiger partial charge on any atom is -0.376 e. The van der Waals surface area contributed by atoms with Gasteiger partial charge < -0.3 is 10.1 Å². The van der Waals surface area contributed by atoms with Crippen molar-refractivity contribution in [3.05, 3.63) is 0 Å². The summed E-state index contributed by atoms with van der Waals surface area (Å²) in [7, 11) is 1.84. The van der Waals surface area contributed by atoms with Gasteiger partial charge in [-0.2, -0.15) is 5.26 Å². The molecule has 92 valence electrons. The number of nitrogens with zero attached hydrogens (tertiary/aromatic N) is 2. The van der Waals surface area contributed by atoms with Gasteiger partial charge >= 0.3 is 0 Å². The second-order valence-electron chi connectivity index (χ2n) is 4.93. The topological polar surface area (TPSA) is 48.3 Å². The highest BCUT2D eigenvalue weighted by Crippen LogP contribution is 2.15. The summed E-state index contributed by atoms with van der Waals surface area (Å²) in [6.07, 6.45) is 1.15. The van der Waals surface area contributed by atoms with Gasteiger partial charge in [0.25, 0.3) is 0 Å². The first kappa shape index (κ1) is 13.4. The van der Waals surface area contributed by atoms with E-state index in [0.717, 1.165) is 26.1 Å². The third kappa shape index (κ3) is 3.44. The van der Waals surface area contributed by atoms with Gasteiger partial charge in [0, 0.05) is 19.1 Å². The fraction of sp³-hybridized carbons (Fsp3) is 0.917. The molecule has 0 aromatic heterocycles. The van der Waals surface area contributed by atoms with Crippen molar-refractivity contribution >= 4 is 0 Å². The summed E-state index contributed by atoms with van der Waals surface area (Å²) in [6, 6.07) is 2.78. The van der Waals surface area contributed by atoms with Crippen LogP contribution in [0.25, 0.3) is 0 Å². The fourth-order valence-electron chi connectivity index (χ4n) is 1.89. The highest BCUT2D eigenvalue weighted by molar-refractivity contribution is 5.03. The van der Waals surface area contributed by atoms with E-state index in [1.54, 1.807) is 0 Å². The molecule has 4 heteroatoms. The van der Waals surface area contributed by atoms with Gasteiger partial charge in [-0.3, -0.25) is 4.90 Å². The molecule has 4 nitrogen and oxygen atoms in total. The first-order chi connectivity index (χ1) is 7.50. The molecule has 0 spiro atoms. The number of rotatable bonds is 4. The lowest BCUT2D eigenvalue weighted by Crippen LogP contribution is -2.50. The molecule has 3 atom stereocenters. The second kappa shape index (κ2) is 5.62. The summed E-state index contributed by atoms with van der Waals surface area (Å²) in [5, 5.41) is 12.2. The number of nitriles is 1. The fourth-order valence-corrected chi connectivity index (χ4v) is 1.89. The molecule has 0 bridgehead atoms. The summed E-state index contributed by atoms with van der Waals surface area (Å²) in [6.45, 7) is 8.92. The maximum atomic E-state index is 9.08. The Kier molecular flexibility index (Phi) is 4.72. The first-order valence-electron chi connectivity index (χ1n) is 5.96. The van der Waals surface area contributed by atoms with Crippen LogP contribution in [0.15, 0.2) is 0 Å². The number of hydrogen-bond acceptors (Lipinski definition) is 4. The van der Waals surface area contributed by atoms with Crippen molar-refractivity contribution in [1.29, 1.82) is 5.26 Å². The van der Waals surface area contributed by atoms with Crippen molar-refractivity contribution < 1.29 is 4.74 Å². The molecule has 16 heavy (non-hydrogen) atoms. The summed E-state index contributed by atoms with van der Waals surface area (Å²) < 4.78 is 5.58. The van der Waals surface area contributed by atoms with Crippen molar-refractivity contribution in [2.75, 3.05) is 26.7 Å². The minimum atomic E-state index is -0.415. The highest BCUT2D eigenvalue weighted by atomic mass is 16.5. The van der Waals surface area contributed by atoms with E-state index in [9.17, 15) is 0 Å². The van der Waals surface area contributed by atoms with Crippen LogP contribution in [0.3, 0.4) is 0 Å². The Morgan fingerprint density at radius 3 is 2.81 bits per heavy atom. The zero-order chi connectivity index (χ0) is 12.2. The molecule has 3 unspecified atom stereocenters. The van der Waals surface area contributed by atoms with Crippen LogP contribution in [0.1, 0.15) is 27.2 Å². The van der Waals surface area contributed by atoms with Gasteiger partial charge in [-0.05, 0) is 34.2 Å². The van der Waals surface area contributed by atoms with E-state index in [1.807, 2.05) is 14.0 Å². The lowest BCUT2D eigenvalue weighted by molar-refractivity contribution is -0.0507. The van der Waals surface area contributed by atoms with E-state index in [4.69, 9.17) is 10.00 Å². The molecule has 0 amide bonds. The quantitative estimate of drug-likeness (QED) is 0.775. The summed E-state index contributed by atoms with van der Waals surface area (Å²) in [5.41, 5.74) is -0.415. The normalized spacial score (nSPS) is 30.7. The first-order valence-corrected chi connectivity index (χ1v) is 5.96. The number of ether oxygens (including phenoxy) is 1. The van der Waals surface area contributed by atoms with Crippen LogP contribution < -0.4 is 5.32 Å². The third-order valence-corrected chi connectivity index (χ3v) is 3.43. The monoisotopic (exact) mass is 225 g/mol. The van der Waals surface area contributed by atoms with Crippen molar-refractivity contribution in [3.63, 3.8) is 0 Å². The van der Waals surface area contributed by atoms with E-state index in [1.165, 1.54) is 0 Å². The SMILES string of the molecule is CNC(C)(C#N)CCN1CC(C)OCC1C. The summed E-state index contributed by atoms with van der Waals surface area (Å²) in [4.78, 5) is 2.40. The average Bonchev–Trinajstić information content (AvgIpc) is 2.30. The maximum Gasteiger partial charge on any atom is 0.104 e. The molecular formula is C12H23N3O. The lowest BCUT2D eigenvalue weighted by Gasteiger charge is -2.38. The molecule has 1 aliphatic rings. The molecule has 0 aromatic carbocycles. The number of hydrogen-bond donors (Lipinski definition) is 1. The predicted octanol–water partition coefficient (Wildman–Crippen LogP) is 0.987. The summed E-state index contributed by atoms with van der Waals surface area (Å²) >= 11 is 0. The van der Waals surface area contributed by atoms with Crippen molar-refractivity contribution in [3.8, 4) is 6.07 Å². The smallest absolute Gasteiger partial charge is 0.104 e. The van der Waals surface area contributed by atoms with Gasteiger partial charge in [0.15, 0.2) is 0 Å². The van der Waals surface area contributed by atoms with E-state index in [2.05, 4.69) is 30.1 Å². The lowest BCUT2D eigenvalue weighted by atomic mass is 9.99. The Morgan fingerprint density at radius 2 is 2.25 bits per heavy atom. The molecule has 1 N–H and O–H groups in total. The molecule has 1 saturated heterocycles. The van der Waals surface area contributed by atoms with Gasteiger partial charge in [-0.25, -0.2) is 0 Å². The van der Waals surface area contributed by atoms with E-state index in [-0.39, 0.29) is 0 Å². The highest BCUT2D eigenvalue weighted by Gasteiger charge is 2.27. The maximum absolute atomic E-state index is 9.08. The third-order valence-electron chi connectivity index (χ3n) is 3.43. The number of morpholine rings is 1. The molecule has 0 aromatic rings. The van der Waals surface area contributed by atoms with Crippen molar-refractivity contribution in [2.24, 2.45) is 0 Å². The Labute approximate surface area is 98.6 Å².